The number of carboxylic acid groups (broad SMARTS) is 1. The summed E-state index contributed by atoms with van der Waals surface area (Å²) < 4.78 is 0. The summed E-state index contributed by atoms with van der Waals surface area (Å²) in [6.07, 6.45) is 5.87. The maximum absolute atomic E-state index is 11.9. The quantitative estimate of drug-likeness (QED) is 0.781. The number of aromatic carboxylic acids is 1. The molecule has 114 valence electrons. The Kier molecular flexibility index (Phi) is 5.59. The normalized spacial score (nSPS) is 15.7. The van der Waals surface area contributed by atoms with E-state index in [1.807, 2.05) is 0 Å². The number of hydrogen-bond acceptors (Lipinski definition) is 3. The van der Waals surface area contributed by atoms with Crippen LogP contribution in [0.2, 0.25) is 5.02 Å². The fraction of sp³-hybridized carbons (Fsp3) is 0.467. The Morgan fingerprint density at radius 2 is 1.95 bits per heavy atom. The Bertz CT molecular complexity index is 528. The molecule has 1 saturated carbocycles. The van der Waals surface area contributed by atoms with Crippen molar-refractivity contribution in [2.75, 3.05) is 11.9 Å². The smallest absolute Gasteiger partial charge is 0.335 e. The Morgan fingerprint density at radius 1 is 1.24 bits per heavy atom. The molecule has 0 atom stereocenters. The highest BCUT2D eigenvalue weighted by Gasteiger charge is 2.15. The van der Waals surface area contributed by atoms with Gasteiger partial charge in [0, 0.05) is 6.04 Å². The van der Waals surface area contributed by atoms with Crippen LogP contribution in [0.15, 0.2) is 18.2 Å². The predicted molar refractivity (Wildman–Crippen MR) is 81.9 cm³/mol. The van der Waals surface area contributed by atoms with Crippen LogP contribution in [0.4, 0.5) is 5.69 Å². The largest absolute Gasteiger partial charge is 0.478 e. The van der Waals surface area contributed by atoms with Crippen LogP contribution in [-0.4, -0.2) is 29.6 Å². The predicted octanol–water partition coefficient (Wildman–Crippen LogP) is 2.90. The minimum Gasteiger partial charge on any atom is -0.478 e. The zero-order chi connectivity index (χ0) is 15.2. The van der Waals surface area contributed by atoms with Gasteiger partial charge in [0.15, 0.2) is 0 Å². The number of carbonyl (C=O) groups excluding carboxylic acids is 1. The van der Waals surface area contributed by atoms with Gasteiger partial charge >= 0.3 is 5.97 Å². The fourth-order valence-corrected chi connectivity index (χ4v) is 2.66. The molecule has 0 unspecified atom stereocenters. The zero-order valence-electron chi connectivity index (χ0n) is 11.7. The number of rotatable bonds is 5. The van der Waals surface area contributed by atoms with Crippen LogP contribution in [0.3, 0.4) is 0 Å². The number of nitrogens with one attached hydrogen (secondary N) is 2. The lowest BCUT2D eigenvalue weighted by Gasteiger charge is -2.22. The lowest BCUT2D eigenvalue weighted by molar-refractivity contribution is -0.115. The van der Waals surface area contributed by atoms with Gasteiger partial charge < -0.3 is 15.7 Å². The van der Waals surface area contributed by atoms with Crippen molar-refractivity contribution in [2.45, 2.75) is 38.1 Å². The summed E-state index contributed by atoms with van der Waals surface area (Å²) in [5, 5.41) is 15.1. The van der Waals surface area contributed by atoms with E-state index in [1.54, 1.807) is 0 Å². The summed E-state index contributed by atoms with van der Waals surface area (Å²) >= 11 is 5.97. The Morgan fingerprint density at radius 3 is 2.62 bits per heavy atom. The van der Waals surface area contributed by atoms with Crippen LogP contribution >= 0.6 is 11.6 Å². The topological polar surface area (TPSA) is 78.4 Å². The second-order valence-corrected chi connectivity index (χ2v) is 5.67. The number of halogens is 1. The number of benzene rings is 1. The Hall–Kier alpha value is -1.59. The summed E-state index contributed by atoms with van der Waals surface area (Å²) in [4.78, 5) is 22.8. The van der Waals surface area contributed by atoms with Gasteiger partial charge in [0.1, 0.15) is 0 Å². The van der Waals surface area contributed by atoms with E-state index in [4.69, 9.17) is 16.7 Å². The van der Waals surface area contributed by atoms with E-state index in [1.165, 1.54) is 37.5 Å². The van der Waals surface area contributed by atoms with Crippen molar-refractivity contribution in [1.82, 2.24) is 5.32 Å². The zero-order valence-corrected chi connectivity index (χ0v) is 12.4. The molecule has 1 aromatic rings. The molecular formula is C15H19ClN2O3. The van der Waals surface area contributed by atoms with E-state index in [2.05, 4.69) is 10.6 Å². The molecule has 0 radical (unpaired) electrons. The van der Waals surface area contributed by atoms with Gasteiger partial charge in [-0.05, 0) is 31.0 Å². The number of hydrogen-bond donors (Lipinski definition) is 3. The maximum Gasteiger partial charge on any atom is 0.335 e. The van der Waals surface area contributed by atoms with Gasteiger partial charge in [0.25, 0.3) is 0 Å². The second-order valence-electron chi connectivity index (χ2n) is 5.26. The molecule has 0 heterocycles. The third kappa shape index (κ3) is 4.72. The maximum atomic E-state index is 11.9. The monoisotopic (exact) mass is 310 g/mol. The van der Waals surface area contributed by atoms with Crippen molar-refractivity contribution >= 4 is 29.2 Å². The van der Waals surface area contributed by atoms with E-state index in [9.17, 15) is 9.59 Å². The number of carbonyl (C=O) groups is 2. The molecule has 0 aromatic heterocycles. The van der Waals surface area contributed by atoms with Crippen LogP contribution in [0.25, 0.3) is 0 Å². The number of carboxylic acids is 1. The molecule has 21 heavy (non-hydrogen) atoms. The van der Waals surface area contributed by atoms with Crippen molar-refractivity contribution < 1.29 is 14.7 Å². The third-order valence-electron chi connectivity index (χ3n) is 3.64. The molecule has 3 N–H and O–H groups in total. The molecule has 1 aliphatic carbocycles. The molecule has 1 aliphatic rings. The van der Waals surface area contributed by atoms with Crippen LogP contribution in [0.1, 0.15) is 42.5 Å². The van der Waals surface area contributed by atoms with Gasteiger partial charge in [-0.15, -0.1) is 0 Å². The minimum absolute atomic E-state index is 0.0925. The molecule has 5 nitrogen and oxygen atoms in total. The van der Waals surface area contributed by atoms with Gasteiger partial charge in [-0.25, -0.2) is 4.79 Å². The second kappa shape index (κ2) is 7.43. The highest BCUT2D eigenvalue weighted by molar-refractivity contribution is 6.33. The standard InChI is InChI=1S/C15H19ClN2O3/c16-12-7-6-10(15(20)21)8-13(12)18-14(19)9-17-11-4-2-1-3-5-11/h6-8,11,17H,1-5,9H2,(H,18,19)(H,20,21). The molecule has 1 aromatic carbocycles. The average Bonchev–Trinajstić information content (AvgIpc) is 2.48. The van der Waals surface area contributed by atoms with Crippen LogP contribution in [-0.2, 0) is 4.79 Å². The third-order valence-corrected chi connectivity index (χ3v) is 3.97. The first-order valence-electron chi connectivity index (χ1n) is 7.12. The Balaban J connectivity index is 1.89. The molecule has 0 saturated heterocycles. The van der Waals surface area contributed by atoms with Crippen LogP contribution < -0.4 is 10.6 Å². The SMILES string of the molecule is O=C(CNC1CCCCC1)Nc1cc(C(=O)O)ccc1Cl. The van der Waals surface area contributed by atoms with E-state index in [0.717, 1.165) is 12.8 Å². The first-order valence-corrected chi connectivity index (χ1v) is 7.50. The van der Waals surface area contributed by atoms with Crippen molar-refractivity contribution in [3.05, 3.63) is 28.8 Å². The first-order chi connectivity index (χ1) is 10.1. The van der Waals surface area contributed by atoms with Gasteiger partial charge in [-0.1, -0.05) is 30.9 Å². The minimum atomic E-state index is -1.05. The summed E-state index contributed by atoms with van der Waals surface area (Å²) in [5.41, 5.74) is 0.418. The van der Waals surface area contributed by atoms with E-state index in [0.29, 0.717) is 16.8 Å². The highest BCUT2D eigenvalue weighted by atomic mass is 35.5. The summed E-state index contributed by atoms with van der Waals surface area (Å²) in [7, 11) is 0. The Labute approximate surface area is 128 Å². The van der Waals surface area contributed by atoms with Crippen LogP contribution in [0, 0.1) is 0 Å². The molecule has 0 bridgehead atoms. The van der Waals surface area contributed by atoms with E-state index >= 15 is 0 Å². The van der Waals surface area contributed by atoms with Crippen molar-refractivity contribution in [3.8, 4) is 0 Å². The molecule has 0 spiro atoms. The van der Waals surface area contributed by atoms with E-state index < -0.39 is 5.97 Å². The van der Waals surface area contributed by atoms with Crippen LogP contribution in [0.5, 0.6) is 0 Å². The molecule has 1 amide bonds. The van der Waals surface area contributed by atoms with Crippen molar-refractivity contribution in [2.24, 2.45) is 0 Å². The van der Waals surface area contributed by atoms with Gasteiger partial charge in [0.05, 0.1) is 22.8 Å². The lowest BCUT2D eigenvalue weighted by atomic mass is 9.95. The molecular weight excluding hydrogens is 292 g/mol. The highest BCUT2D eigenvalue weighted by Crippen LogP contribution is 2.23. The number of anilines is 1. The molecule has 0 aliphatic heterocycles. The lowest BCUT2D eigenvalue weighted by Crippen LogP contribution is -2.37. The average molecular weight is 311 g/mol. The van der Waals surface area contributed by atoms with Crippen molar-refractivity contribution in [3.63, 3.8) is 0 Å². The number of amides is 1. The summed E-state index contributed by atoms with van der Waals surface area (Å²) in [5.74, 6) is -1.27. The van der Waals surface area contributed by atoms with Gasteiger partial charge in [-0.2, -0.15) is 0 Å². The van der Waals surface area contributed by atoms with Gasteiger partial charge in [0.2, 0.25) is 5.91 Å². The fourth-order valence-electron chi connectivity index (χ4n) is 2.49. The molecule has 1 fully saturated rings. The summed E-state index contributed by atoms with van der Waals surface area (Å²) in [6.45, 7) is 0.207. The van der Waals surface area contributed by atoms with Crippen molar-refractivity contribution in [1.29, 1.82) is 0 Å². The molecule has 2 rings (SSSR count). The van der Waals surface area contributed by atoms with E-state index in [-0.39, 0.29) is 18.0 Å². The van der Waals surface area contributed by atoms with Gasteiger partial charge in [-0.3, -0.25) is 4.79 Å². The first kappa shape index (κ1) is 15.8. The molecule has 6 heteroatoms. The summed E-state index contributed by atoms with van der Waals surface area (Å²) in [6, 6.07) is 4.63.